The number of ether oxygens (including phenoxy) is 2. The van der Waals surface area contributed by atoms with Gasteiger partial charge in [-0.15, -0.1) is 0 Å². The summed E-state index contributed by atoms with van der Waals surface area (Å²) in [5.74, 6) is 4.80. The number of hydrogen-bond acceptors (Lipinski definition) is 2. The zero-order valence-electron chi connectivity index (χ0n) is 15.8. The Balaban J connectivity index is 1.60. The number of benzene rings is 2. The maximum atomic E-state index is 5.85. The second-order valence-electron chi connectivity index (χ2n) is 8.84. The Kier molecular flexibility index (Phi) is 3.77. The molecule has 4 bridgehead atoms. The van der Waals surface area contributed by atoms with E-state index < -0.39 is 0 Å². The molecule has 0 unspecified atom stereocenters. The summed E-state index contributed by atoms with van der Waals surface area (Å²) in [5, 5.41) is 0. The maximum Gasteiger partial charge on any atom is 0.122 e. The van der Waals surface area contributed by atoms with E-state index in [1.165, 1.54) is 55.2 Å². The van der Waals surface area contributed by atoms with Gasteiger partial charge >= 0.3 is 0 Å². The molecular formula is C24H28O2. The first-order valence-corrected chi connectivity index (χ1v) is 10.0. The molecule has 6 rings (SSSR count). The van der Waals surface area contributed by atoms with Gasteiger partial charge < -0.3 is 9.47 Å². The van der Waals surface area contributed by atoms with Gasteiger partial charge in [-0.1, -0.05) is 18.2 Å². The summed E-state index contributed by atoms with van der Waals surface area (Å²) in [5.41, 5.74) is 4.29. The van der Waals surface area contributed by atoms with Gasteiger partial charge in [-0.25, -0.2) is 0 Å². The second kappa shape index (κ2) is 6.04. The van der Waals surface area contributed by atoms with Gasteiger partial charge in [-0.3, -0.25) is 0 Å². The first-order valence-electron chi connectivity index (χ1n) is 10.0. The van der Waals surface area contributed by atoms with E-state index in [2.05, 4.69) is 36.4 Å². The molecule has 0 saturated heterocycles. The van der Waals surface area contributed by atoms with Crippen LogP contribution in [0.15, 0.2) is 42.5 Å². The molecule has 4 aliphatic carbocycles. The quantitative estimate of drug-likeness (QED) is 0.691. The van der Waals surface area contributed by atoms with Crippen molar-refractivity contribution in [2.24, 2.45) is 17.8 Å². The number of hydrogen-bond donors (Lipinski definition) is 0. The molecule has 0 radical (unpaired) electrons. The molecule has 0 N–H and O–H groups in total. The summed E-state index contributed by atoms with van der Waals surface area (Å²) in [6.07, 6.45) is 8.48. The summed E-state index contributed by atoms with van der Waals surface area (Å²) in [6.45, 7) is 0. The van der Waals surface area contributed by atoms with Crippen molar-refractivity contribution in [3.63, 3.8) is 0 Å². The van der Waals surface area contributed by atoms with E-state index in [-0.39, 0.29) is 0 Å². The minimum atomic E-state index is 0.342. The molecule has 0 amide bonds. The van der Waals surface area contributed by atoms with Crippen LogP contribution >= 0.6 is 0 Å². The highest BCUT2D eigenvalue weighted by Gasteiger charge is 2.52. The van der Waals surface area contributed by atoms with Gasteiger partial charge in [0.2, 0.25) is 0 Å². The van der Waals surface area contributed by atoms with Gasteiger partial charge in [0.15, 0.2) is 0 Å². The van der Waals surface area contributed by atoms with Crippen molar-refractivity contribution in [3.8, 4) is 22.6 Å². The minimum absolute atomic E-state index is 0.342. The highest BCUT2D eigenvalue weighted by atomic mass is 16.5. The molecule has 2 aromatic carbocycles. The van der Waals surface area contributed by atoms with Crippen molar-refractivity contribution in [3.05, 3.63) is 48.0 Å². The highest BCUT2D eigenvalue weighted by Crippen LogP contribution is 2.62. The van der Waals surface area contributed by atoms with Gasteiger partial charge in [-0.2, -0.15) is 0 Å². The van der Waals surface area contributed by atoms with Crippen LogP contribution in [-0.4, -0.2) is 14.2 Å². The lowest BCUT2D eigenvalue weighted by molar-refractivity contribution is -0.00613. The van der Waals surface area contributed by atoms with E-state index in [0.717, 1.165) is 29.3 Å². The summed E-state index contributed by atoms with van der Waals surface area (Å²) in [4.78, 5) is 0. The van der Waals surface area contributed by atoms with Crippen molar-refractivity contribution in [1.29, 1.82) is 0 Å². The van der Waals surface area contributed by atoms with Crippen molar-refractivity contribution in [2.75, 3.05) is 14.2 Å². The van der Waals surface area contributed by atoms with E-state index in [0.29, 0.717) is 5.41 Å². The lowest BCUT2D eigenvalue weighted by Gasteiger charge is -2.57. The van der Waals surface area contributed by atoms with Crippen molar-refractivity contribution < 1.29 is 9.47 Å². The molecule has 2 aromatic rings. The van der Waals surface area contributed by atoms with Crippen LogP contribution in [-0.2, 0) is 5.41 Å². The van der Waals surface area contributed by atoms with Crippen LogP contribution in [0.5, 0.6) is 11.5 Å². The molecule has 0 spiro atoms. The zero-order chi connectivity index (χ0) is 17.7. The first-order chi connectivity index (χ1) is 12.7. The number of rotatable bonds is 4. The fourth-order valence-corrected chi connectivity index (χ4v) is 6.55. The summed E-state index contributed by atoms with van der Waals surface area (Å²) in [7, 11) is 3.55. The van der Waals surface area contributed by atoms with Crippen LogP contribution in [0.25, 0.3) is 11.1 Å². The van der Waals surface area contributed by atoms with E-state index in [1.54, 1.807) is 7.11 Å². The molecule has 4 aliphatic rings. The number of methoxy groups -OCH3 is 2. The van der Waals surface area contributed by atoms with Gasteiger partial charge in [0.1, 0.15) is 11.5 Å². The van der Waals surface area contributed by atoms with E-state index >= 15 is 0 Å². The Bertz CT molecular complexity index is 787. The van der Waals surface area contributed by atoms with E-state index in [1.807, 2.05) is 13.2 Å². The van der Waals surface area contributed by atoms with Crippen molar-refractivity contribution in [1.82, 2.24) is 0 Å². The molecule has 2 heteroatoms. The first kappa shape index (κ1) is 16.2. The van der Waals surface area contributed by atoms with Crippen molar-refractivity contribution in [2.45, 2.75) is 43.9 Å². The predicted molar refractivity (Wildman–Crippen MR) is 105 cm³/mol. The topological polar surface area (TPSA) is 18.5 Å². The SMILES string of the molecule is COc1cccc(-c2ccc(OC)c(C34CC5CC(CC(C5)C3)C4)c2)c1. The molecule has 136 valence electrons. The van der Waals surface area contributed by atoms with Gasteiger partial charge in [0.05, 0.1) is 14.2 Å². The largest absolute Gasteiger partial charge is 0.497 e. The molecule has 0 aromatic heterocycles. The van der Waals surface area contributed by atoms with E-state index in [4.69, 9.17) is 9.47 Å². The van der Waals surface area contributed by atoms with Crippen molar-refractivity contribution >= 4 is 0 Å². The lowest BCUT2D eigenvalue weighted by Crippen LogP contribution is -2.48. The second-order valence-corrected chi connectivity index (χ2v) is 8.84. The van der Waals surface area contributed by atoms with Gasteiger partial charge in [0, 0.05) is 5.56 Å². The summed E-state index contributed by atoms with van der Waals surface area (Å²) in [6, 6.07) is 15.2. The Morgan fingerprint density at radius 1 is 0.769 bits per heavy atom. The molecule has 2 nitrogen and oxygen atoms in total. The fraction of sp³-hybridized carbons (Fsp3) is 0.500. The average Bonchev–Trinajstić information content (AvgIpc) is 2.66. The third kappa shape index (κ3) is 2.53. The smallest absolute Gasteiger partial charge is 0.122 e. The Labute approximate surface area is 156 Å². The van der Waals surface area contributed by atoms with Crippen LogP contribution in [0.4, 0.5) is 0 Å². The molecular weight excluding hydrogens is 320 g/mol. The van der Waals surface area contributed by atoms with Crippen LogP contribution in [0.1, 0.15) is 44.1 Å². The Morgan fingerprint density at radius 2 is 1.42 bits per heavy atom. The standard InChI is InChI=1S/C24H28O2/c1-25-21-5-3-4-19(11-21)20-6-7-23(26-2)22(12-20)24-13-16-8-17(14-24)10-18(9-16)15-24/h3-7,11-12,16-18H,8-10,13-15H2,1-2H3. The maximum absolute atomic E-state index is 5.85. The van der Waals surface area contributed by atoms with Crippen LogP contribution < -0.4 is 9.47 Å². The molecule has 0 aliphatic heterocycles. The zero-order valence-corrected chi connectivity index (χ0v) is 15.8. The summed E-state index contributed by atoms with van der Waals surface area (Å²) < 4.78 is 11.3. The molecule has 4 saturated carbocycles. The molecule has 4 fully saturated rings. The fourth-order valence-electron chi connectivity index (χ4n) is 6.55. The lowest BCUT2D eigenvalue weighted by atomic mass is 9.48. The third-order valence-electron chi connectivity index (χ3n) is 7.21. The molecule has 26 heavy (non-hydrogen) atoms. The summed E-state index contributed by atoms with van der Waals surface area (Å²) >= 11 is 0. The third-order valence-corrected chi connectivity index (χ3v) is 7.21. The molecule has 0 heterocycles. The highest BCUT2D eigenvalue weighted by molar-refractivity contribution is 5.68. The van der Waals surface area contributed by atoms with Gasteiger partial charge in [0.25, 0.3) is 0 Å². The van der Waals surface area contributed by atoms with Gasteiger partial charge in [-0.05, 0) is 97.1 Å². The monoisotopic (exact) mass is 348 g/mol. The van der Waals surface area contributed by atoms with Crippen LogP contribution in [0.2, 0.25) is 0 Å². The normalized spacial score (nSPS) is 31.8. The molecule has 0 atom stereocenters. The van der Waals surface area contributed by atoms with Crippen LogP contribution in [0, 0.1) is 17.8 Å². The van der Waals surface area contributed by atoms with Crippen LogP contribution in [0.3, 0.4) is 0 Å². The predicted octanol–water partition coefficient (Wildman–Crippen LogP) is 5.84. The average molecular weight is 348 g/mol. The Hall–Kier alpha value is -1.96. The minimum Gasteiger partial charge on any atom is -0.497 e. The van der Waals surface area contributed by atoms with E-state index in [9.17, 15) is 0 Å². The Morgan fingerprint density at radius 3 is 2.04 bits per heavy atom.